The number of nitrogens with one attached hydrogen (secondary N) is 1. The normalized spacial score (nSPS) is 17.3. The Balaban J connectivity index is 1.62. The highest BCUT2D eigenvalue weighted by Crippen LogP contribution is 2.26. The molecule has 3 rings (SSSR count). The third-order valence-electron chi connectivity index (χ3n) is 3.85. The zero-order valence-electron chi connectivity index (χ0n) is 12.4. The summed E-state index contributed by atoms with van der Waals surface area (Å²) in [4.78, 5) is 30.4. The standard InChI is InChI=1S/C17H16BrN3O2/c18-13-3-5-14(6-4-13)21-9-7-15(17(21)23)16(22)20-11-12-2-1-8-19-10-12/h1-6,8,10,15H,7,9,11H2,(H,20,22)/t15-/m1/s1. The van der Waals surface area contributed by atoms with Gasteiger partial charge in [-0.25, -0.2) is 0 Å². The SMILES string of the molecule is O=C(NCc1cccnc1)[C@H]1CCN(c2ccc(Br)cc2)C1=O. The average molecular weight is 374 g/mol. The van der Waals surface area contributed by atoms with Gasteiger partial charge in [-0.3, -0.25) is 14.6 Å². The zero-order valence-corrected chi connectivity index (χ0v) is 14.0. The number of amides is 2. The number of halogens is 1. The molecule has 2 aromatic rings. The van der Waals surface area contributed by atoms with E-state index in [1.807, 2.05) is 36.4 Å². The van der Waals surface area contributed by atoms with Crippen LogP contribution < -0.4 is 10.2 Å². The van der Waals surface area contributed by atoms with Gasteiger partial charge < -0.3 is 10.2 Å². The monoisotopic (exact) mass is 373 g/mol. The van der Waals surface area contributed by atoms with E-state index >= 15 is 0 Å². The quantitative estimate of drug-likeness (QED) is 0.837. The molecule has 0 aliphatic carbocycles. The third kappa shape index (κ3) is 3.59. The van der Waals surface area contributed by atoms with Crippen LogP contribution in [0.2, 0.25) is 0 Å². The average Bonchev–Trinajstić information content (AvgIpc) is 2.96. The molecule has 1 atom stereocenters. The van der Waals surface area contributed by atoms with Crippen molar-refractivity contribution in [1.29, 1.82) is 0 Å². The molecular formula is C17H16BrN3O2. The molecule has 2 heterocycles. The summed E-state index contributed by atoms with van der Waals surface area (Å²) in [6, 6.07) is 11.2. The van der Waals surface area contributed by atoms with Gasteiger partial charge in [0.1, 0.15) is 5.92 Å². The molecule has 2 amide bonds. The second kappa shape index (κ2) is 6.91. The van der Waals surface area contributed by atoms with E-state index < -0.39 is 5.92 Å². The van der Waals surface area contributed by atoms with Crippen molar-refractivity contribution < 1.29 is 9.59 Å². The van der Waals surface area contributed by atoms with E-state index in [-0.39, 0.29) is 11.8 Å². The van der Waals surface area contributed by atoms with Gasteiger partial charge >= 0.3 is 0 Å². The van der Waals surface area contributed by atoms with Crippen molar-refractivity contribution in [2.24, 2.45) is 5.92 Å². The number of aromatic nitrogens is 1. The Hall–Kier alpha value is -2.21. The molecule has 1 N–H and O–H groups in total. The van der Waals surface area contributed by atoms with Crippen LogP contribution in [0.25, 0.3) is 0 Å². The summed E-state index contributed by atoms with van der Waals surface area (Å²) in [7, 11) is 0. The van der Waals surface area contributed by atoms with Crippen molar-refractivity contribution >= 4 is 33.4 Å². The molecule has 6 heteroatoms. The van der Waals surface area contributed by atoms with E-state index in [0.717, 1.165) is 15.7 Å². The Bertz CT molecular complexity index is 704. The Morgan fingerprint density at radius 3 is 2.78 bits per heavy atom. The van der Waals surface area contributed by atoms with E-state index in [0.29, 0.717) is 19.5 Å². The van der Waals surface area contributed by atoms with Crippen LogP contribution in [0.4, 0.5) is 5.69 Å². The summed E-state index contributed by atoms with van der Waals surface area (Å²) in [5, 5.41) is 2.82. The fourth-order valence-electron chi connectivity index (χ4n) is 2.62. The first-order valence-electron chi connectivity index (χ1n) is 7.39. The van der Waals surface area contributed by atoms with Crippen molar-refractivity contribution in [3.63, 3.8) is 0 Å². The minimum absolute atomic E-state index is 0.143. The maximum absolute atomic E-state index is 12.5. The zero-order chi connectivity index (χ0) is 16.2. The number of benzene rings is 1. The number of nitrogens with zero attached hydrogens (tertiary/aromatic N) is 2. The first-order valence-corrected chi connectivity index (χ1v) is 8.18. The number of rotatable bonds is 4. The minimum atomic E-state index is -0.615. The van der Waals surface area contributed by atoms with Crippen LogP contribution in [0.5, 0.6) is 0 Å². The van der Waals surface area contributed by atoms with Gasteiger partial charge in [-0.05, 0) is 42.3 Å². The fraction of sp³-hybridized carbons (Fsp3) is 0.235. The molecule has 118 valence electrons. The fourth-order valence-corrected chi connectivity index (χ4v) is 2.88. The summed E-state index contributed by atoms with van der Waals surface area (Å²) in [5.41, 5.74) is 1.73. The van der Waals surface area contributed by atoms with Gasteiger partial charge in [-0.1, -0.05) is 22.0 Å². The predicted octanol–water partition coefficient (Wildman–Crippen LogP) is 2.51. The highest BCUT2D eigenvalue weighted by molar-refractivity contribution is 9.10. The largest absolute Gasteiger partial charge is 0.351 e. The molecule has 0 unspecified atom stereocenters. The summed E-state index contributed by atoms with van der Waals surface area (Å²) in [6.45, 7) is 0.945. The van der Waals surface area contributed by atoms with Gasteiger partial charge in [0.15, 0.2) is 0 Å². The summed E-state index contributed by atoms with van der Waals surface area (Å²) in [6.07, 6.45) is 3.92. The van der Waals surface area contributed by atoms with Crippen molar-refractivity contribution in [3.8, 4) is 0 Å². The second-order valence-corrected chi connectivity index (χ2v) is 6.30. The lowest BCUT2D eigenvalue weighted by molar-refractivity contribution is -0.132. The minimum Gasteiger partial charge on any atom is -0.351 e. The molecular weight excluding hydrogens is 358 g/mol. The van der Waals surface area contributed by atoms with Crippen LogP contribution in [0.15, 0.2) is 53.3 Å². The molecule has 0 radical (unpaired) electrons. The third-order valence-corrected chi connectivity index (χ3v) is 4.38. The van der Waals surface area contributed by atoms with Crippen LogP contribution >= 0.6 is 15.9 Å². The molecule has 1 saturated heterocycles. The molecule has 0 spiro atoms. The van der Waals surface area contributed by atoms with Crippen LogP contribution in [0.1, 0.15) is 12.0 Å². The van der Waals surface area contributed by atoms with Gasteiger partial charge in [-0.2, -0.15) is 0 Å². The van der Waals surface area contributed by atoms with Crippen LogP contribution in [-0.4, -0.2) is 23.3 Å². The van der Waals surface area contributed by atoms with Crippen molar-refractivity contribution in [2.45, 2.75) is 13.0 Å². The summed E-state index contributed by atoms with van der Waals surface area (Å²) in [5.74, 6) is -0.982. The van der Waals surface area contributed by atoms with Gasteiger partial charge in [0.05, 0.1) is 0 Å². The van der Waals surface area contributed by atoms with Crippen LogP contribution in [-0.2, 0) is 16.1 Å². The highest BCUT2D eigenvalue weighted by Gasteiger charge is 2.37. The van der Waals surface area contributed by atoms with Gasteiger partial charge in [-0.15, -0.1) is 0 Å². The number of hydrogen-bond donors (Lipinski definition) is 1. The Morgan fingerprint density at radius 2 is 2.09 bits per heavy atom. The Kier molecular flexibility index (Phi) is 4.71. The van der Waals surface area contributed by atoms with Crippen LogP contribution in [0, 0.1) is 5.92 Å². The van der Waals surface area contributed by atoms with Crippen molar-refractivity contribution in [3.05, 3.63) is 58.8 Å². The number of anilines is 1. The van der Waals surface area contributed by atoms with E-state index in [1.54, 1.807) is 17.3 Å². The summed E-state index contributed by atoms with van der Waals surface area (Å²) >= 11 is 3.37. The van der Waals surface area contributed by atoms with E-state index in [2.05, 4.69) is 26.2 Å². The van der Waals surface area contributed by atoms with Crippen LogP contribution in [0.3, 0.4) is 0 Å². The predicted molar refractivity (Wildman–Crippen MR) is 90.7 cm³/mol. The van der Waals surface area contributed by atoms with Crippen molar-refractivity contribution in [2.75, 3.05) is 11.4 Å². The molecule has 1 fully saturated rings. The molecule has 5 nitrogen and oxygen atoms in total. The first-order chi connectivity index (χ1) is 11.1. The molecule has 1 aliphatic heterocycles. The lowest BCUT2D eigenvalue weighted by Crippen LogP contribution is -2.36. The topological polar surface area (TPSA) is 62.3 Å². The number of carbonyl (C=O) groups excluding carboxylic acids is 2. The van der Waals surface area contributed by atoms with E-state index in [9.17, 15) is 9.59 Å². The Morgan fingerprint density at radius 1 is 1.30 bits per heavy atom. The molecule has 0 saturated carbocycles. The molecule has 1 aromatic heterocycles. The number of carbonyl (C=O) groups is 2. The van der Waals surface area contributed by atoms with Gasteiger partial charge in [0, 0.05) is 35.6 Å². The highest BCUT2D eigenvalue weighted by atomic mass is 79.9. The lowest BCUT2D eigenvalue weighted by atomic mass is 10.1. The van der Waals surface area contributed by atoms with E-state index in [1.165, 1.54) is 0 Å². The number of pyridine rings is 1. The lowest BCUT2D eigenvalue weighted by Gasteiger charge is -2.16. The van der Waals surface area contributed by atoms with E-state index in [4.69, 9.17) is 0 Å². The maximum atomic E-state index is 12.5. The summed E-state index contributed by atoms with van der Waals surface area (Å²) < 4.78 is 0.957. The molecule has 1 aliphatic rings. The second-order valence-electron chi connectivity index (χ2n) is 5.39. The molecule has 0 bridgehead atoms. The van der Waals surface area contributed by atoms with Gasteiger partial charge in [0.2, 0.25) is 11.8 Å². The van der Waals surface area contributed by atoms with Gasteiger partial charge in [0.25, 0.3) is 0 Å². The number of hydrogen-bond acceptors (Lipinski definition) is 3. The molecule has 23 heavy (non-hydrogen) atoms. The van der Waals surface area contributed by atoms with Crippen molar-refractivity contribution in [1.82, 2.24) is 10.3 Å². The molecule has 1 aromatic carbocycles. The first kappa shape index (κ1) is 15.7. The smallest absolute Gasteiger partial charge is 0.239 e. The maximum Gasteiger partial charge on any atom is 0.239 e. The Labute approximate surface area is 142 Å².